The van der Waals surface area contributed by atoms with Crippen LogP contribution in [0.25, 0.3) is 74.1 Å². The predicted molar refractivity (Wildman–Crippen MR) is 235 cm³/mol. The van der Waals surface area contributed by atoms with Crippen molar-refractivity contribution in [2.75, 3.05) is 5.73 Å². The van der Waals surface area contributed by atoms with Gasteiger partial charge in [0.2, 0.25) is 0 Å². The van der Waals surface area contributed by atoms with Gasteiger partial charge in [0.15, 0.2) is 0 Å². The van der Waals surface area contributed by atoms with Gasteiger partial charge in [-0.2, -0.15) is 0 Å². The quantitative estimate of drug-likeness (QED) is 0.108. The predicted octanol–water partition coefficient (Wildman–Crippen LogP) is 12.4. The Morgan fingerprint density at radius 2 is 1.26 bits per heavy atom. The molecule has 260 valence electrons. The topological polar surface area (TPSA) is 39.2 Å². The fourth-order valence-electron chi connectivity index (χ4n) is 6.60. The summed E-state index contributed by atoms with van der Waals surface area (Å²) in [6.07, 6.45) is 26.3. The first-order valence-corrected chi connectivity index (χ1v) is 18.0. The molecule has 0 aliphatic carbocycles. The summed E-state index contributed by atoms with van der Waals surface area (Å²) in [4.78, 5) is 0. The number of hydrogen-bond donors (Lipinski definition) is 1. The fraction of sp³-hybridized carbons (Fsp3) is 0. The number of para-hydroxylation sites is 2. The average Bonchev–Trinajstić information content (AvgIpc) is 3.60. The molecule has 54 heavy (non-hydrogen) atoms. The van der Waals surface area contributed by atoms with Crippen LogP contribution in [-0.4, -0.2) is 0 Å². The van der Waals surface area contributed by atoms with Crippen LogP contribution in [0.4, 0.5) is 5.69 Å². The van der Waals surface area contributed by atoms with E-state index in [2.05, 4.69) is 159 Å². The lowest BCUT2D eigenvalue weighted by Gasteiger charge is -2.12. The molecule has 0 radical (unpaired) electrons. The van der Waals surface area contributed by atoms with Crippen LogP contribution in [0.3, 0.4) is 0 Å². The molecule has 6 aromatic carbocycles. The van der Waals surface area contributed by atoms with Gasteiger partial charge in [0.05, 0.1) is 0 Å². The third-order valence-corrected chi connectivity index (χ3v) is 9.31. The molecule has 0 amide bonds. The first-order chi connectivity index (χ1) is 26.6. The zero-order chi connectivity index (χ0) is 37.1. The van der Waals surface area contributed by atoms with E-state index < -0.39 is 0 Å². The summed E-state index contributed by atoms with van der Waals surface area (Å²) >= 11 is 0. The molecule has 2 heteroatoms. The van der Waals surface area contributed by atoms with E-state index in [1.807, 2.05) is 60.7 Å². The Balaban J connectivity index is 1.14. The van der Waals surface area contributed by atoms with Crippen LogP contribution in [0.1, 0.15) is 16.7 Å². The maximum Gasteiger partial charge on any atom is 0.143 e. The Hall–Kier alpha value is -7.16. The van der Waals surface area contributed by atoms with E-state index in [1.54, 1.807) is 6.08 Å². The summed E-state index contributed by atoms with van der Waals surface area (Å²) in [5, 5.41) is 4.51. The molecule has 7 aromatic rings. The molecule has 0 fully saturated rings. The maximum absolute atomic E-state index is 6.66. The monoisotopic (exact) mass is 695 g/mol. The van der Waals surface area contributed by atoms with E-state index in [0.717, 1.165) is 82.6 Å². The molecule has 0 aliphatic heterocycles. The van der Waals surface area contributed by atoms with E-state index in [1.165, 1.54) is 0 Å². The van der Waals surface area contributed by atoms with Gasteiger partial charge in [0.1, 0.15) is 11.2 Å². The lowest BCUT2D eigenvalue weighted by molar-refractivity contribution is 0.668. The van der Waals surface area contributed by atoms with Crippen molar-refractivity contribution in [3.8, 4) is 22.3 Å². The van der Waals surface area contributed by atoms with Gasteiger partial charge in [-0.15, -0.1) is 0 Å². The van der Waals surface area contributed by atoms with E-state index in [-0.39, 0.29) is 0 Å². The number of anilines is 1. The number of furan rings is 1. The van der Waals surface area contributed by atoms with E-state index in [0.29, 0.717) is 0 Å². The molecule has 1 heterocycles. The highest BCUT2D eigenvalue weighted by Gasteiger charge is 2.13. The van der Waals surface area contributed by atoms with Crippen LogP contribution in [0.5, 0.6) is 0 Å². The third-order valence-electron chi connectivity index (χ3n) is 9.31. The molecule has 2 N–H and O–H groups in total. The van der Waals surface area contributed by atoms with Crippen molar-refractivity contribution in [3.05, 3.63) is 228 Å². The minimum Gasteiger partial charge on any atom is -0.455 e. The van der Waals surface area contributed by atoms with Gasteiger partial charge in [-0.1, -0.05) is 207 Å². The molecule has 0 spiro atoms. The van der Waals surface area contributed by atoms with Gasteiger partial charge in [-0.05, 0) is 62.0 Å². The van der Waals surface area contributed by atoms with Gasteiger partial charge >= 0.3 is 0 Å². The molecule has 0 bridgehead atoms. The summed E-state index contributed by atoms with van der Waals surface area (Å²) in [5.41, 5.74) is 17.6. The second-order valence-corrected chi connectivity index (χ2v) is 12.8. The Kier molecular flexibility index (Phi) is 11.0. The Bertz CT molecular complexity index is 2750. The van der Waals surface area contributed by atoms with Crippen molar-refractivity contribution in [1.82, 2.24) is 0 Å². The van der Waals surface area contributed by atoms with Crippen molar-refractivity contribution >= 4 is 57.5 Å². The molecule has 2 nitrogen and oxygen atoms in total. The standard InChI is InChI=1S/C52H41NO/c1-3-5-6-7-8-19-39-20-9-10-21-40(39)23-15-18-38-29-31-41(32-30-38)44-35-36-50(53)49(37-44)45-24-12-11-22-43(45)34-33-42(17-4-2)46-26-16-27-48-47-25-13-14-28-51(47)54-52(46)48/h3-37H,1-2,53H2/b6-5-,8-7-,18-15-,34-33-,39-19+,40-23-,42-17+. The normalized spacial score (nSPS) is 13.1. The molecule has 1 aromatic heterocycles. The summed E-state index contributed by atoms with van der Waals surface area (Å²) < 4.78 is 6.36. The number of nitrogen functional groups attached to an aromatic ring is 1. The fourth-order valence-corrected chi connectivity index (χ4v) is 6.60. The lowest BCUT2D eigenvalue weighted by Crippen LogP contribution is -2.22. The second-order valence-electron chi connectivity index (χ2n) is 12.8. The van der Waals surface area contributed by atoms with Gasteiger partial charge < -0.3 is 10.2 Å². The molecule has 0 saturated carbocycles. The summed E-state index contributed by atoms with van der Waals surface area (Å²) in [6.45, 7) is 7.71. The van der Waals surface area contributed by atoms with Gasteiger partial charge in [-0.3, -0.25) is 0 Å². The first kappa shape index (κ1) is 35.3. The molecule has 7 rings (SSSR count). The zero-order valence-corrected chi connectivity index (χ0v) is 30.1. The van der Waals surface area contributed by atoms with Crippen molar-refractivity contribution in [1.29, 1.82) is 0 Å². The Morgan fingerprint density at radius 3 is 2.07 bits per heavy atom. The van der Waals surface area contributed by atoms with Gasteiger partial charge in [-0.25, -0.2) is 0 Å². The van der Waals surface area contributed by atoms with Crippen molar-refractivity contribution in [2.24, 2.45) is 0 Å². The van der Waals surface area contributed by atoms with Crippen LogP contribution >= 0.6 is 0 Å². The Morgan fingerprint density at radius 1 is 0.556 bits per heavy atom. The van der Waals surface area contributed by atoms with E-state index in [4.69, 9.17) is 10.2 Å². The molecule has 0 unspecified atom stereocenters. The van der Waals surface area contributed by atoms with Crippen LogP contribution in [-0.2, 0) is 0 Å². The number of benzene rings is 6. The van der Waals surface area contributed by atoms with E-state index in [9.17, 15) is 0 Å². The highest BCUT2D eigenvalue weighted by Crippen LogP contribution is 2.36. The number of rotatable bonds is 11. The van der Waals surface area contributed by atoms with Crippen LogP contribution < -0.4 is 16.2 Å². The van der Waals surface area contributed by atoms with Crippen molar-refractivity contribution in [2.45, 2.75) is 0 Å². The molecule has 0 saturated heterocycles. The van der Waals surface area contributed by atoms with Crippen LogP contribution in [0.2, 0.25) is 0 Å². The highest BCUT2D eigenvalue weighted by atomic mass is 16.3. The maximum atomic E-state index is 6.66. The Labute approximate surface area is 317 Å². The average molecular weight is 696 g/mol. The lowest BCUT2D eigenvalue weighted by atomic mass is 9.93. The van der Waals surface area contributed by atoms with Crippen LogP contribution in [0, 0.1) is 0 Å². The number of hydrogen-bond acceptors (Lipinski definition) is 2. The smallest absolute Gasteiger partial charge is 0.143 e. The SMILES string of the molecule is C=C\C=C/C=C\C=c1/cccc/c1=C/C=C\c1ccc(-c2ccc(N)c(-c3ccccc3/C=C\C(=C/C=C)c3cccc4c3oc3ccccc34)c2)cc1. The zero-order valence-electron chi connectivity index (χ0n) is 30.1. The number of allylic oxidation sites excluding steroid dienone is 10. The second kappa shape index (κ2) is 16.9. The number of nitrogens with two attached hydrogens (primary N) is 1. The summed E-state index contributed by atoms with van der Waals surface area (Å²) in [6, 6.07) is 46.1. The molecular weight excluding hydrogens is 655 g/mol. The largest absolute Gasteiger partial charge is 0.455 e. The van der Waals surface area contributed by atoms with E-state index >= 15 is 0 Å². The summed E-state index contributed by atoms with van der Waals surface area (Å²) in [7, 11) is 0. The van der Waals surface area contributed by atoms with Crippen molar-refractivity contribution < 1.29 is 4.42 Å². The molecular formula is C52H41NO. The van der Waals surface area contributed by atoms with Gasteiger partial charge in [0, 0.05) is 27.6 Å². The molecule has 0 aliphatic rings. The third kappa shape index (κ3) is 7.99. The summed E-state index contributed by atoms with van der Waals surface area (Å²) in [5.74, 6) is 0. The minimum atomic E-state index is 0.727. The van der Waals surface area contributed by atoms with Gasteiger partial charge in [0.25, 0.3) is 0 Å². The molecule has 0 atom stereocenters. The highest BCUT2D eigenvalue weighted by molar-refractivity contribution is 6.09. The first-order valence-electron chi connectivity index (χ1n) is 18.0. The number of fused-ring (bicyclic) bond motifs is 3. The van der Waals surface area contributed by atoms with Crippen LogP contribution in [0.15, 0.2) is 206 Å². The van der Waals surface area contributed by atoms with Crippen molar-refractivity contribution in [3.63, 3.8) is 0 Å². The minimum absolute atomic E-state index is 0.727.